The van der Waals surface area contributed by atoms with E-state index in [0.717, 1.165) is 25.9 Å². The number of carbonyl (C=O) groups excluding carboxylic acids is 1. The normalized spacial score (nSPS) is 14.6. The van der Waals surface area contributed by atoms with Gasteiger partial charge in [0.1, 0.15) is 17.8 Å². The molecule has 5 nitrogen and oxygen atoms in total. The molecule has 22 heavy (non-hydrogen) atoms. The number of hydrogen-bond acceptors (Lipinski definition) is 5. The highest BCUT2D eigenvalue weighted by atomic mass is 16.1. The van der Waals surface area contributed by atoms with E-state index in [1.54, 1.807) is 36.4 Å². The van der Waals surface area contributed by atoms with E-state index in [9.17, 15) is 4.79 Å². The molecule has 110 valence electrons. The summed E-state index contributed by atoms with van der Waals surface area (Å²) < 4.78 is 0. The highest BCUT2D eigenvalue weighted by Crippen LogP contribution is 2.21. The van der Waals surface area contributed by atoms with Gasteiger partial charge in [-0.3, -0.25) is 4.79 Å². The van der Waals surface area contributed by atoms with Gasteiger partial charge in [-0.15, -0.1) is 0 Å². The van der Waals surface area contributed by atoms with Crippen molar-refractivity contribution in [3.05, 3.63) is 47.3 Å². The van der Waals surface area contributed by atoms with Crippen LogP contribution >= 0.6 is 0 Å². The van der Waals surface area contributed by atoms with Crippen LogP contribution in [0.25, 0.3) is 0 Å². The Morgan fingerprint density at radius 2 is 1.73 bits per heavy atom. The highest BCUT2D eigenvalue weighted by molar-refractivity contribution is 6.15. The molecule has 0 aliphatic carbocycles. The number of likely N-dealkylation sites (tertiary alicyclic amines) is 1. The summed E-state index contributed by atoms with van der Waals surface area (Å²) in [6, 6.07) is 12.2. The number of aliphatic imine (C=N–C) groups is 1. The maximum absolute atomic E-state index is 12.7. The Morgan fingerprint density at radius 3 is 2.27 bits per heavy atom. The average molecular weight is 292 g/mol. The third-order valence-corrected chi connectivity index (χ3v) is 3.61. The molecular weight excluding hydrogens is 276 g/mol. The second-order valence-corrected chi connectivity index (χ2v) is 5.01. The second kappa shape index (κ2) is 7.19. The van der Waals surface area contributed by atoms with Crippen molar-refractivity contribution in [2.45, 2.75) is 19.8 Å². The van der Waals surface area contributed by atoms with Crippen molar-refractivity contribution >= 4 is 11.5 Å². The molecule has 0 N–H and O–H groups in total. The summed E-state index contributed by atoms with van der Waals surface area (Å²) in [6.07, 6.45) is 2.13. The van der Waals surface area contributed by atoms with Crippen molar-refractivity contribution in [1.82, 2.24) is 4.90 Å². The summed E-state index contributed by atoms with van der Waals surface area (Å²) in [5, 5.41) is 17.8. The van der Waals surface area contributed by atoms with Crippen LogP contribution in [0.15, 0.2) is 46.7 Å². The molecule has 0 bridgehead atoms. The van der Waals surface area contributed by atoms with E-state index in [0.29, 0.717) is 11.3 Å². The molecule has 0 aromatic heterocycles. The van der Waals surface area contributed by atoms with E-state index in [1.165, 1.54) is 0 Å². The molecule has 0 spiro atoms. The van der Waals surface area contributed by atoms with Gasteiger partial charge in [0.15, 0.2) is 0 Å². The SMILES string of the molecule is C/C(=C(/N=C(C#N)C#N)C(=O)c1ccccc1)N1CCCC1. The van der Waals surface area contributed by atoms with E-state index >= 15 is 0 Å². The lowest BCUT2D eigenvalue weighted by Gasteiger charge is -2.20. The van der Waals surface area contributed by atoms with Gasteiger partial charge in [0.05, 0.1) is 0 Å². The molecule has 1 heterocycles. The number of carbonyl (C=O) groups is 1. The number of hydrogen-bond donors (Lipinski definition) is 0. The van der Waals surface area contributed by atoms with Crippen LogP contribution in [-0.2, 0) is 0 Å². The van der Waals surface area contributed by atoms with Crippen molar-refractivity contribution < 1.29 is 4.79 Å². The molecule has 0 unspecified atom stereocenters. The van der Waals surface area contributed by atoms with Gasteiger partial charge in [-0.1, -0.05) is 30.3 Å². The minimum atomic E-state index is -0.308. The molecule has 5 heteroatoms. The molecule has 0 radical (unpaired) electrons. The third kappa shape index (κ3) is 3.39. The Labute approximate surface area is 129 Å². The summed E-state index contributed by atoms with van der Waals surface area (Å²) in [5.41, 5.74) is 1.08. The molecule has 1 saturated heterocycles. The molecule has 0 amide bonds. The first kappa shape index (κ1) is 15.5. The number of nitriles is 2. The lowest BCUT2D eigenvalue weighted by atomic mass is 10.1. The monoisotopic (exact) mass is 292 g/mol. The summed E-state index contributed by atoms with van der Waals surface area (Å²) in [7, 11) is 0. The van der Waals surface area contributed by atoms with Gasteiger partial charge in [-0.05, 0) is 19.8 Å². The Morgan fingerprint density at radius 1 is 1.14 bits per heavy atom. The fraction of sp³-hybridized carbons (Fsp3) is 0.294. The van der Waals surface area contributed by atoms with Crippen LogP contribution in [0, 0.1) is 22.7 Å². The van der Waals surface area contributed by atoms with Crippen LogP contribution in [0.3, 0.4) is 0 Å². The summed E-state index contributed by atoms with van der Waals surface area (Å²) in [4.78, 5) is 18.8. The summed E-state index contributed by atoms with van der Waals surface area (Å²) >= 11 is 0. The minimum absolute atomic E-state index is 0.172. The fourth-order valence-electron chi connectivity index (χ4n) is 2.41. The topological polar surface area (TPSA) is 80.2 Å². The molecule has 0 saturated carbocycles. The first-order valence-electron chi connectivity index (χ1n) is 7.12. The third-order valence-electron chi connectivity index (χ3n) is 3.61. The molecule has 1 aliphatic heterocycles. The maximum atomic E-state index is 12.7. The predicted molar refractivity (Wildman–Crippen MR) is 82.9 cm³/mol. The molecule has 2 rings (SSSR count). The zero-order chi connectivity index (χ0) is 15.9. The zero-order valence-electron chi connectivity index (χ0n) is 12.4. The fourth-order valence-corrected chi connectivity index (χ4v) is 2.41. The van der Waals surface area contributed by atoms with Crippen LogP contribution in [0.5, 0.6) is 0 Å². The van der Waals surface area contributed by atoms with Gasteiger partial charge in [0.2, 0.25) is 11.5 Å². The van der Waals surface area contributed by atoms with Crippen LogP contribution in [0.2, 0.25) is 0 Å². The second-order valence-electron chi connectivity index (χ2n) is 5.01. The summed E-state index contributed by atoms with van der Waals surface area (Å²) in [5.74, 6) is -0.270. The Balaban J connectivity index is 2.49. The Hall–Kier alpha value is -2.92. The highest BCUT2D eigenvalue weighted by Gasteiger charge is 2.21. The van der Waals surface area contributed by atoms with E-state index in [2.05, 4.69) is 9.89 Å². The van der Waals surface area contributed by atoms with Crippen molar-refractivity contribution in [1.29, 1.82) is 10.5 Å². The van der Waals surface area contributed by atoms with Crippen LogP contribution in [0.1, 0.15) is 30.1 Å². The molecule has 1 aromatic rings. The van der Waals surface area contributed by atoms with Crippen molar-refractivity contribution in [2.75, 3.05) is 13.1 Å². The van der Waals surface area contributed by atoms with Crippen molar-refractivity contribution in [3.63, 3.8) is 0 Å². The molecule has 1 aromatic carbocycles. The lowest BCUT2D eigenvalue weighted by molar-refractivity contribution is 0.102. The smallest absolute Gasteiger partial charge is 0.218 e. The quantitative estimate of drug-likeness (QED) is 0.485. The minimum Gasteiger partial charge on any atom is -0.373 e. The van der Waals surface area contributed by atoms with E-state index < -0.39 is 0 Å². The first-order valence-corrected chi connectivity index (χ1v) is 7.12. The first-order chi connectivity index (χ1) is 10.7. The standard InChI is InChI=1S/C17H16N4O/c1-13(21-9-5-6-10-21)16(20-15(11-18)12-19)17(22)14-7-3-2-4-8-14/h2-4,7-8H,5-6,9-10H2,1H3/b16-13-. The van der Waals surface area contributed by atoms with Gasteiger partial charge < -0.3 is 4.90 Å². The summed E-state index contributed by atoms with van der Waals surface area (Å²) in [6.45, 7) is 3.54. The Bertz CT molecular complexity index is 682. The molecule has 1 fully saturated rings. The largest absolute Gasteiger partial charge is 0.373 e. The number of ketones is 1. The van der Waals surface area contributed by atoms with Crippen molar-refractivity contribution in [2.24, 2.45) is 4.99 Å². The van der Waals surface area contributed by atoms with E-state index in [4.69, 9.17) is 10.5 Å². The number of nitrogens with zero attached hydrogens (tertiary/aromatic N) is 4. The van der Waals surface area contributed by atoms with E-state index in [1.807, 2.05) is 13.0 Å². The van der Waals surface area contributed by atoms with Gasteiger partial charge in [0, 0.05) is 24.4 Å². The van der Waals surface area contributed by atoms with Gasteiger partial charge >= 0.3 is 0 Å². The molecule has 1 aliphatic rings. The Kier molecular flexibility index (Phi) is 5.06. The van der Waals surface area contributed by atoms with Gasteiger partial charge in [0.25, 0.3) is 0 Å². The lowest BCUT2D eigenvalue weighted by Crippen LogP contribution is -2.21. The van der Waals surface area contributed by atoms with Crippen LogP contribution in [-0.4, -0.2) is 29.5 Å². The van der Waals surface area contributed by atoms with Crippen LogP contribution < -0.4 is 0 Å². The number of Topliss-reactive ketones (excluding diaryl/α,β-unsaturated/α-hetero) is 1. The predicted octanol–water partition coefficient (Wildman–Crippen LogP) is 2.68. The van der Waals surface area contributed by atoms with Gasteiger partial charge in [-0.25, -0.2) is 4.99 Å². The number of benzene rings is 1. The number of rotatable bonds is 4. The van der Waals surface area contributed by atoms with Crippen molar-refractivity contribution in [3.8, 4) is 12.1 Å². The zero-order valence-corrected chi connectivity index (χ0v) is 12.4. The average Bonchev–Trinajstić information content (AvgIpc) is 3.10. The molecule has 0 atom stereocenters. The maximum Gasteiger partial charge on any atom is 0.218 e. The van der Waals surface area contributed by atoms with E-state index in [-0.39, 0.29) is 17.2 Å². The van der Waals surface area contributed by atoms with Gasteiger partial charge in [-0.2, -0.15) is 10.5 Å². The number of allylic oxidation sites excluding steroid dienone is 2. The molecular formula is C17H16N4O. The van der Waals surface area contributed by atoms with Crippen LogP contribution in [0.4, 0.5) is 0 Å².